The number of aromatic nitrogens is 2. The van der Waals surface area contributed by atoms with Crippen LogP contribution in [0.25, 0.3) is 0 Å². The SMILES string of the molecule is Nc1ncnc2c1N=CC2[C@@H]1O[C@H](COP(=O)(O)OC(=O)[C@@H](N)Cc2ccccc2)[C@@H](O)[C@H]1O. The molecule has 4 rings (SSSR count). The van der Waals surface area contributed by atoms with Gasteiger partial charge in [-0.2, -0.15) is 0 Å². The lowest BCUT2D eigenvalue weighted by Gasteiger charge is -2.20. The van der Waals surface area contributed by atoms with E-state index in [-0.39, 0.29) is 12.2 Å². The summed E-state index contributed by atoms with van der Waals surface area (Å²) in [5, 5.41) is 20.8. The van der Waals surface area contributed by atoms with Crippen molar-refractivity contribution in [3.63, 3.8) is 0 Å². The molecule has 1 saturated heterocycles. The number of ether oxygens (including phenoxy) is 1. The number of nitrogens with zero attached hydrogens (tertiary/aromatic N) is 3. The molecule has 1 aromatic carbocycles. The zero-order chi connectivity index (χ0) is 24.5. The molecule has 3 heterocycles. The van der Waals surface area contributed by atoms with Crippen LogP contribution in [0, 0.1) is 0 Å². The number of fused-ring (bicyclic) bond motifs is 1. The van der Waals surface area contributed by atoms with Crippen molar-refractivity contribution in [2.45, 2.75) is 42.8 Å². The molecule has 7 N–H and O–H groups in total. The van der Waals surface area contributed by atoms with Crippen LogP contribution in [0.4, 0.5) is 11.5 Å². The number of phosphoric acid groups is 1. The third kappa shape index (κ3) is 5.15. The molecular weight excluding hydrogens is 469 g/mol. The molecule has 182 valence electrons. The van der Waals surface area contributed by atoms with Gasteiger partial charge in [-0.15, -0.1) is 0 Å². The van der Waals surface area contributed by atoms with E-state index >= 15 is 0 Å². The zero-order valence-corrected chi connectivity index (χ0v) is 18.6. The molecule has 13 nitrogen and oxygen atoms in total. The van der Waals surface area contributed by atoms with Crippen LogP contribution in [0.1, 0.15) is 17.2 Å². The average Bonchev–Trinajstić information content (AvgIpc) is 3.35. The van der Waals surface area contributed by atoms with Gasteiger partial charge in [0.1, 0.15) is 42.5 Å². The zero-order valence-electron chi connectivity index (χ0n) is 17.7. The van der Waals surface area contributed by atoms with Crippen molar-refractivity contribution in [3.05, 3.63) is 47.9 Å². The molecule has 34 heavy (non-hydrogen) atoms. The maximum Gasteiger partial charge on any atom is 0.529 e. The van der Waals surface area contributed by atoms with Crippen LogP contribution >= 0.6 is 7.82 Å². The van der Waals surface area contributed by atoms with Crippen LogP contribution in [-0.2, 0) is 29.6 Å². The number of nitrogen functional groups attached to an aromatic ring is 1. The van der Waals surface area contributed by atoms with E-state index in [0.29, 0.717) is 11.4 Å². The number of anilines is 1. The third-order valence-corrected chi connectivity index (χ3v) is 6.41. The Balaban J connectivity index is 1.33. The number of aliphatic imine (C=N–C) groups is 1. The number of carbonyl (C=O) groups excluding carboxylic acids is 1. The van der Waals surface area contributed by atoms with Gasteiger partial charge in [-0.25, -0.2) is 19.3 Å². The summed E-state index contributed by atoms with van der Waals surface area (Å²) in [6.45, 7) is -0.646. The molecular formula is C20H24N5O8P. The normalized spacial score (nSPS) is 28.3. The molecule has 0 saturated carbocycles. The molecule has 0 amide bonds. The second-order valence-electron chi connectivity index (χ2n) is 7.89. The maximum absolute atomic E-state index is 12.2. The highest BCUT2D eigenvalue weighted by atomic mass is 31.2. The standard InChI is InChI=1S/C20H24N5O8P/c21-12(6-10-4-2-1-3-5-10)20(28)33-34(29,30)31-8-13-16(26)17(27)18(32-13)11-7-23-15-14(11)24-9-25-19(15)22/h1-5,7,9,11-13,16-18,26-27H,6,8,21H2,(H,29,30)(H2,22,24,25)/t11?,12-,13+,16+,17+,18-/m0/s1. The van der Waals surface area contributed by atoms with Gasteiger partial charge in [0.2, 0.25) is 0 Å². The fraction of sp³-hybridized carbons (Fsp3) is 0.400. The van der Waals surface area contributed by atoms with Gasteiger partial charge in [0.05, 0.1) is 18.2 Å². The topological polar surface area (TPSA) is 213 Å². The molecule has 0 aliphatic carbocycles. The molecule has 0 bridgehead atoms. The van der Waals surface area contributed by atoms with Crippen LogP contribution in [0.2, 0.25) is 0 Å². The quantitative estimate of drug-likeness (QED) is 0.297. The summed E-state index contributed by atoms with van der Waals surface area (Å²) in [5.74, 6) is -1.61. The minimum atomic E-state index is -4.88. The third-order valence-electron chi connectivity index (χ3n) is 5.52. The van der Waals surface area contributed by atoms with E-state index in [1.54, 1.807) is 30.3 Å². The lowest BCUT2D eigenvalue weighted by molar-refractivity contribution is -0.137. The van der Waals surface area contributed by atoms with E-state index in [4.69, 9.17) is 20.7 Å². The van der Waals surface area contributed by atoms with Gasteiger partial charge in [-0.05, 0) is 12.0 Å². The van der Waals surface area contributed by atoms with Gasteiger partial charge in [0.25, 0.3) is 0 Å². The Labute approximate surface area is 194 Å². The van der Waals surface area contributed by atoms with Gasteiger partial charge < -0.3 is 30.9 Å². The lowest BCUT2D eigenvalue weighted by atomic mass is 9.95. The molecule has 0 spiro atoms. The van der Waals surface area contributed by atoms with Crippen LogP contribution < -0.4 is 11.5 Å². The van der Waals surface area contributed by atoms with E-state index in [1.165, 1.54) is 12.5 Å². The minimum absolute atomic E-state index is 0.0937. The first-order valence-electron chi connectivity index (χ1n) is 10.3. The van der Waals surface area contributed by atoms with Gasteiger partial charge in [-0.3, -0.25) is 14.4 Å². The van der Waals surface area contributed by atoms with Crippen LogP contribution in [-0.4, -0.2) is 74.3 Å². The summed E-state index contributed by atoms with van der Waals surface area (Å²) < 4.78 is 27.3. The monoisotopic (exact) mass is 493 g/mol. The Kier molecular flexibility index (Phi) is 7.05. The Hall–Kier alpha value is -2.77. The Morgan fingerprint density at radius 2 is 1.94 bits per heavy atom. The van der Waals surface area contributed by atoms with Crippen molar-refractivity contribution >= 4 is 31.5 Å². The number of hydrogen-bond acceptors (Lipinski definition) is 12. The largest absolute Gasteiger partial charge is 0.529 e. The summed E-state index contributed by atoms with van der Waals surface area (Å²) in [6, 6.07) is 7.63. The molecule has 7 atom stereocenters. The van der Waals surface area contributed by atoms with Crippen LogP contribution in [0.15, 0.2) is 41.7 Å². The summed E-state index contributed by atoms with van der Waals surface area (Å²) in [7, 11) is -4.88. The highest BCUT2D eigenvalue weighted by Gasteiger charge is 2.49. The first-order valence-corrected chi connectivity index (χ1v) is 11.8. The molecule has 2 aliphatic rings. The first-order chi connectivity index (χ1) is 16.2. The predicted molar refractivity (Wildman–Crippen MR) is 118 cm³/mol. The first kappa shape index (κ1) is 24.4. The highest BCUT2D eigenvalue weighted by Crippen LogP contribution is 2.45. The van der Waals surface area contributed by atoms with Crippen molar-refractivity contribution < 1.29 is 38.3 Å². The molecule has 14 heteroatoms. The van der Waals surface area contributed by atoms with Gasteiger partial charge in [0, 0.05) is 6.21 Å². The highest BCUT2D eigenvalue weighted by molar-refractivity contribution is 7.48. The van der Waals surface area contributed by atoms with Gasteiger partial charge in [0.15, 0.2) is 5.82 Å². The van der Waals surface area contributed by atoms with Crippen molar-refractivity contribution in [3.8, 4) is 0 Å². The Morgan fingerprint density at radius 1 is 1.21 bits per heavy atom. The second kappa shape index (κ2) is 9.84. The predicted octanol–water partition coefficient (Wildman–Crippen LogP) is -0.422. The second-order valence-corrected chi connectivity index (χ2v) is 9.27. The van der Waals surface area contributed by atoms with E-state index in [0.717, 1.165) is 5.56 Å². The summed E-state index contributed by atoms with van der Waals surface area (Å²) >= 11 is 0. The molecule has 2 unspecified atom stereocenters. The number of rotatable bonds is 8. The Bertz CT molecular complexity index is 1120. The summed E-state index contributed by atoms with van der Waals surface area (Å²) in [5.41, 5.74) is 13.0. The fourth-order valence-corrected chi connectivity index (χ4v) is 4.54. The van der Waals surface area contributed by atoms with Crippen LogP contribution in [0.3, 0.4) is 0 Å². The molecule has 2 aliphatic heterocycles. The van der Waals surface area contributed by atoms with Gasteiger partial charge >= 0.3 is 13.8 Å². The smallest absolute Gasteiger partial charge is 0.388 e. The number of phosphoric ester groups is 1. The molecule has 0 radical (unpaired) electrons. The molecule has 1 fully saturated rings. The average molecular weight is 493 g/mol. The maximum atomic E-state index is 12.2. The minimum Gasteiger partial charge on any atom is -0.388 e. The Morgan fingerprint density at radius 3 is 2.68 bits per heavy atom. The number of aliphatic hydroxyl groups excluding tert-OH is 2. The van der Waals surface area contributed by atoms with Crippen molar-refractivity contribution in [2.24, 2.45) is 10.7 Å². The number of nitrogens with two attached hydrogens (primary N) is 2. The van der Waals surface area contributed by atoms with Gasteiger partial charge in [-0.1, -0.05) is 30.3 Å². The fourth-order valence-electron chi connectivity index (χ4n) is 3.79. The number of benzene rings is 1. The van der Waals surface area contributed by atoms with E-state index in [2.05, 4.69) is 19.5 Å². The van der Waals surface area contributed by atoms with Crippen molar-refractivity contribution in [2.75, 3.05) is 12.3 Å². The van der Waals surface area contributed by atoms with E-state index in [1.807, 2.05) is 0 Å². The lowest BCUT2D eigenvalue weighted by Crippen LogP contribution is -2.36. The number of aliphatic hydroxyl groups is 2. The number of hydrogen-bond donors (Lipinski definition) is 5. The molecule has 2 aromatic rings. The van der Waals surface area contributed by atoms with Crippen LogP contribution in [0.5, 0.6) is 0 Å². The molecule has 1 aromatic heterocycles. The van der Waals surface area contributed by atoms with Crippen molar-refractivity contribution in [1.29, 1.82) is 0 Å². The number of carbonyl (C=O) groups is 1. The van der Waals surface area contributed by atoms with Crippen molar-refractivity contribution in [1.82, 2.24) is 9.97 Å². The summed E-state index contributed by atoms with van der Waals surface area (Å²) in [6.07, 6.45) is -2.22. The summed E-state index contributed by atoms with van der Waals surface area (Å²) in [4.78, 5) is 34.2. The van der Waals surface area contributed by atoms with E-state index in [9.17, 15) is 24.5 Å². The van der Waals surface area contributed by atoms with E-state index < -0.39 is 56.8 Å².